The molecule has 1 aromatic rings. The fourth-order valence-corrected chi connectivity index (χ4v) is 1.49. The maximum atomic E-state index is 11.4. The number of imide groups is 1. The molecular weight excluding hydrogens is 202 g/mol. The highest BCUT2D eigenvalue weighted by molar-refractivity contribution is 6.28. The number of carbonyl (C=O) groups is 2. The molecule has 0 fully saturated rings. The van der Waals surface area contributed by atoms with Gasteiger partial charge in [0.15, 0.2) is 0 Å². The van der Waals surface area contributed by atoms with Gasteiger partial charge in [0, 0.05) is 17.7 Å². The average molecular weight is 211 g/mol. The van der Waals surface area contributed by atoms with Gasteiger partial charge in [-0.1, -0.05) is 5.92 Å². The van der Waals surface area contributed by atoms with E-state index < -0.39 is 0 Å². The third kappa shape index (κ3) is 1.73. The Kier molecular flexibility index (Phi) is 2.57. The number of hydrogen-bond donors (Lipinski definition) is 0. The molecule has 0 unspecified atom stereocenters. The van der Waals surface area contributed by atoms with Crippen molar-refractivity contribution in [3.63, 3.8) is 0 Å². The van der Waals surface area contributed by atoms with Crippen LogP contribution in [0.25, 0.3) is 0 Å². The molecule has 0 aliphatic carbocycles. The molecule has 0 aromatic heterocycles. The second-order valence-electron chi connectivity index (χ2n) is 3.27. The van der Waals surface area contributed by atoms with E-state index in [2.05, 4.69) is 11.8 Å². The zero-order chi connectivity index (χ0) is 11.5. The molecule has 0 spiro atoms. The van der Waals surface area contributed by atoms with E-state index in [-0.39, 0.29) is 11.8 Å². The molecule has 0 atom stereocenters. The summed E-state index contributed by atoms with van der Waals surface area (Å²) in [5.41, 5.74) is 1.43. The Balaban J connectivity index is 2.31. The summed E-state index contributed by atoms with van der Waals surface area (Å²) in [6, 6.07) is 6.99. The van der Waals surface area contributed by atoms with Gasteiger partial charge in [0.25, 0.3) is 11.8 Å². The summed E-state index contributed by atoms with van der Waals surface area (Å²) in [6.45, 7) is 1.76. The molecule has 1 heterocycles. The van der Waals surface area contributed by atoms with Crippen molar-refractivity contribution in [2.24, 2.45) is 0 Å². The predicted octanol–water partition coefficient (Wildman–Crippen LogP) is 1.49. The largest absolute Gasteiger partial charge is 0.269 e. The van der Waals surface area contributed by atoms with Gasteiger partial charge in [-0.2, -0.15) is 0 Å². The molecule has 2 amide bonds. The SMILES string of the molecule is CC#Cc1ccc(N2C(=O)C=CC2=O)cc1. The summed E-state index contributed by atoms with van der Waals surface area (Å²) in [7, 11) is 0. The summed E-state index contributed by atoms with van der Waals surface area (Å²) in [4.78, 5) is 23.9. The summed E-state index contributed by atoms with van der Waals surface area (Å²) in [6.07, 6.45) is 2.53. The number of rotatable bonds is 1. The first kappa shape index (κ1) is 10.2. The van der Waals surface area contributed by atoms with Crippen LogP contribution >= 0.6 is 0 Å². The van der Waals surface area contributed by atoms with Crippen molar-refractivity contribution in [2.45, 2.75) is 6.92 Å². The third-order valence-electron chi connectivity index (χ3n) is 2.20. The zero-order valence-corrected chi connectivity index (χ0v) is 8.73. The number of carbonyl (C=O) groups excluding carboxylic acids is 2. The van der Waals surface area contributed by atoms with Crippen molar-refractivity contribution in [2.75, 3.05) is 4.90 Å². The second kappa shape index (κ2) is 4.03. The van der Waals surface area contributed by atoms with E-state index in [1.807, 2.05) is 0 Å². The molecule has 0 bridgehead atoms. The minimum Gasteiger partial charge on any atom is -0.269 e. The highest BCUT2D eigenvalue weighted by Gasteiger charge is 2.24. The van der Waals surface area contributed by atoms with E-state index >= 15 is 0 Å². The third-order valence-corrected chi connectivity index (χ3v) is 2.20. The van der Waals surface area contributed by atoms with Gasteiger partial charge in [0.05, 0.1) is 5.69 Å². The van der Waals surface area contributed by atoms with Crippen molar-refractivity contribution in [1.29, 1.82) is 0 Å². The molecule has 16 heavy (non-hydrogen) atoms. The fourth-order valence-electron chi connectivity index (χ4n) is 1.49. The van der Waals surface area contributed by atoms with Crippen LogP contribution in [-0.2, 0) is 9.59 Å². The lowest BCUT2D eigenvalue weighted by atomic mass is 10.2. The Labute approximate surface area is 93.4 Å². The van der Waals surface area contributed by atoms with Gasteiger partial charge in [-0.05, 0) is 31.2 Å². The standard InChI is InChI=1S/C13H9NO2/c1-2-3-10-4-6-11(7-5-10)14-12(15)8-9-13(14)16/h4-9H,1H3. The van der Waals surface area contributed by atoms with Crippen LogP contribution in [0.4, 0.5) is 5.69 Å². The Morgan fingerprint density at radius 1 is 1.00 bits per heavy atom. The van der Waals surface area contributed by atoms with Gasteiger partial charge in [-0.25, -0.2) is 4.90 Å². The van der Waals surface area contributed by atoms with Crippen LogP contribution in [0, 0.1) is 11.8 Å². The molecule has 1 aromatic carbocycles. The highest BCUT2D eigenvalue weighted by atomic mass is 16.2. The van der Waals surface area contributed by atoms with Crippen LogP contribution in [0.2, 0.25) is 0 Å². The molecular formula is C13H9NO2. The van der Waals surface area contributed by atoms with Crippen LogP contribution in [0.1, 0.15) is 12.5 Å². The number of nitrogens with zero attached hydrogens (tertiary/aromatic N) is 1. The first-order valence-electron chi connectivity index (χ1n) is 4.81. The number of anilines is 1. The zero-order valence-electron chi connectivity index (χ0n) is 8.73. The Morgan fingerprint density at radius 3 is 2.06 bits per heavy atom. The summed E-state index contributed by atoms with van der Waals surface area (Å²) in [5, 5.41) is 0. The van der Waals surface area contributed by atoms with E-state index in [0.29, 0.717) is 5.69 Å². The Morgan fingerprint density at radius 2 is 1.56 bits per heavy atom. The van der Waals surface area contributed by atoms with E-state index in [9.17, 15) is 9.59 Å². The van der Waals surface area contributed by atoms with E-state index in [4.69, 9.17) is 0 Å². The summed E-state index contributed by atoms with van der Waals surface area (Å²) >= 11 is 0. The van der Waals surface area contributed by atoms with Crippen molar-refractivity contribution in [3.8, 4) is 11.8 Å². The lowest BCUT2D eigenvalue weighted by Crippen LogP contribution is -2.29. The van der Waals surface area contributed by atoms with Gasteiger partial charge < -0.3 is 0 Å². The van der Waals surface area contributed by atoms with Crippen LogP contribution in [-0.4, -0.2) is 11.8 Å². The predicted molar refractivity (Wildman–Crippen MR) is 60.6 cm³/mol. The van der Waals surface area contributed by atoms with Gasteiger partial charge in [-0.15, -0.1) is 5.92 Å². The lowest BCUT2D eigenvalue weighted by Gasteiger charge is -2.13. The first-order chi connectivity index (χ1) is 7.72. The van der Waals surface area contributed by atoms with Crippen molar-refractivity contribution in [1.82, 2.24) is 0 Å². The Hall–Kier alpha value is -2.34. The van der Waals surface area contributed by atoms with Crippen LogP contribution in [0.15, 0.2) is 36.4 Å². The average Bonchev–Trinajstić information content (AvgIpc) is 2.61. The smallest absolute Gasteiger partial charge is 0.258 e. The Bertz CT molecular complexity index is 511. The molecule has 78 valence electrons. The quantitative estimate of drug-likeness (QED) is 0.521. The first-order valence-corrected chi connectivity index (χ1v) is 4.81. The lowest BCUT2D eigenvalue weighted by molar-refractivity contribution is -0.119. The van der Waals surface area contributed by atoms with Crippen molar-refractivity contribution >= 4 is 17.5 Å². The molecule has 0 N–H and O–H groups in total. The normalized spacial score (nSPS) is 13.9. The monoisotopic (exact) mass is 211 g/mol. The molecule has 0 radical (unpaired) electrons. The summed E-state index contributed by atoms with van der Waals surface area (Å²) in [5.74, 6) is 5.06. The van der Waals surface area contributed by atoms with Crippen LogP contribution in [0.5, 0.6) is 0 Å². The molecule has 1 aliphatic rings. The molecule has 3 heteroatoms. The summed E-state index contributed by atoms with van der Waals surface area (Å²) < 4.78 is 0. The number of amides is 2. The van der Waals surface area contributed by atoms with Gasteiger partial charge >= 0.3 is 0 Å². The maximum absolute atomic E-state index is 11.4. The van der Waals surface area contributed by atoms with Crippen LogP contribution < -0.4 is 4.90 Å². The van der Waals surface area contributed by atoms with Crippen LogP contribution in [0.3, 0.4) is 0 Å². The molecule has 0 saturated carbocycles. The van der Waals surface area contributed by atoms with Gasteiger partial charge in [0.2, 0.25) is 0 Å². The van der Waals surface area contributed by atoms with Crippen molar-refractivity contribution < 1.29 is 9.59 Å². The number of benzene rings is 1. The second-order valence-corrected chi connectivity index (χ2v) is 3.27. The van der Waals surface area contributed by atoms with Gasteiger partial charge in [0.1, 0.15) is 0 Å². The minimum atomic E-state index is -0.306. The van der Waals surface area contributed by atoms with Gasteiger partial charge in [-0.3, -0.25) is 9.59 Å². The number of hydrogen-bond acceptors (Lipinski definition) is 2. The van der Waals surface area contributed by atoms with E-state index in [1.54, 1.807) is 31.2 Å². The fraction of sp³-hybridized carbons (Fsp3) is 0.0769. The highest BCUT2D eigenvalue weighted by Crippen LogP contribution is 2.18. The minimum absolute atomic E-state index is 0.306. The molecule has 0 saturated heterocycles. The molecule has 2 rings (SSSR count). The molecule has 1 aliphatic heterocycles. The van der Waals surface area contributed by atoms with E-state index in [1.165, 1.54) is 12.2 Å². The van der Waals surface area contributed by atoms with Crippen molar-refractivity contribution in [3.05, 3.63) is 42.0 Å². The topological polar surface area (TPSA) is 37.4 Å². The van der Waals surface area contributed by atoms with E-state index in [0.717, 1.165) is 10.5 Å². The maximum Gasteiger partial charge on any atom is 0.258 e. The molecule has 3 nitrogen and oxygen atoms in total.